The molecule has 0 radical (unpaired) electrons. The summed E-state index contributed by atoms with van der Waals surface area (Å²) in [6.07, 6.45) is 9.82. The number of hydrogen-bond acceptors (Lipinski definition) is 28. The van der Waals surface area contributed by atoms with Crippen molar-refractivity contribution in [2.24, 2.45) is 51.9 Å². The van der Waals surface area contributed by atoms with Gasteiger partial charge in [-0.15, -0.1) is 19.9 Å². The Bertz CT molecular complexity index is 5780. The molecule has 16 rings (SSSR count). The molecule has 12 atom stereocenters. The molecule has 36 nitrogen and oxygen atoms in total. The molecular weight excluding hydrogens is 1680 g/mol. The zero-order valence-electron chi connectivity index (χ0n) is 78.1. The predicted molar refractivity (Wildman–Crippen MR) is 504 cm³/mol. The van der Waals surface area contributed by atoms with Crippen molar-refractivity contribution in [3.05, 3.63) is 209 Å². The van der Waals surface area contributed by atoms with Crippen LogP contribution in [0.25, 0.3) is 63.5 Å². The Balaban J connectivity index is 0.000000150. The van der Waals surface area contributed by atoms with Crippen molar-refractivity contribution in [2.45, 2.75) is 209 Å². The Morgan fingerprint density at radius 2 is 0.492 bits per heavy atom. The predicted octanol–water partition coefficient (Wildman–Crippen LogP) is 15.0. The smallest absolute Gasteiger partial charge is 0.350 e. The van der Waals surface area contributed by atoms with Gasteiger partial charge in [0.05, 0.1) is 71.3 Å². The summed E-state index contributed by atoms with van der Waals surface area (Å²) >= 11 is 0. The number of rotatable bonds is 20. The number of pyridine rings is 8. The Morgan fingerprint density at radius 3 is 0.659 bits per heavy atom. The van der Waals surface area contributed by atoms with E-state index in [0.29, 0.717) is 140 Å². The fourth-order valence-electron chi connectivity index (χ4n) is 16.6. The second kappa shape index (κ2) is 41.4. The summed E-state index contributed by atoms with van der Waals surface area (Å²) in [5.41, 5.74) is 3.49. The number of aryl methyl sites for hydroxylation is 4. The third-order valence-electron chi connectivity index (χ3n) is 23.5. The lowest BCUT2D eigenvalue weighted by atomic mass is 9.91. The average Bonchev–Trinajstić information content (AvgIpc) is 0.774. The number of fused-ring (bicyclic) bond motifs is 4. The van der Waals surface area contributed by atoms with E-state index in [9.17, 15) is 19.2 Å². The van der Waals surface area contributed by atoms with Crippen LogP contribution in [-0.4, -0.2) is 177 Å². The fraction of sp³-hybridized carbons (Fsp3) is 0.458. The Morgan fingerprint density at radius 1 is 0.295 bits per heavy atom. The molecule has 688 valence electrons. The van der Waals surface area contributed by atoms with Crippen LogP contribution in [-0.2, 0) is 28.2 Å². The van der Waals surface area contributed by atoms with E-state index in [-0.39, 0.29) is 143 Å². The minimum Gasteiger partial charge on any atom is -0.489 e. The van der Waals surface area contributed by atoms with Crippen molar-refractivity contribution in [2.75, 3.05) is 45.8 Å². The zero-order valence-corrected chi connectivity index (χ0v) is 78.1. The van der Waals surface area contributed by atoms with Gasteiger partial charge in [-0.1, -0.05) is 54.0 Å². The summed E-state index contributed by atoms with van der Waals surface area (Å²) in [7, 11) is 6.66. The van der Waals surface area contributed by atoms with E-state index in [1.807, 2.05) is 104 Å². The number of ether oxygens (including phenoxy) is 8. The van der Waals surface area contributed by atoms with E-state index in [1.165, 1.54) is 18.3 Å². The summed E-state index contributed by atoms with van der Waals surface area (Å²) in [6.45, 7) is 64.4. The lowest BCUT2D eigenvalue weighted by Gasteiger charge is -2.41. The highest BCUT2D eigenvalue weighted by Crippen LogP contribution is 2.39. The molecule has 36 heteroatoms. The van der Waals surface area contributed by atoms with Gasteiger partial charge in [0.1, 0.15) is 47.4 Å². The van der Waals surface area contributed by atoms with Crippen molar-refractivity contribution >= 4 is 90.7 Å². The third-order valence-corrected chi connectivity index (χ3v) is 23.5. The van der Waals surface area contributed by atoms with E-state index in [2.05, 4.69) is 154 Å². The highest BCUT2D eigenvalue weighted by Gasteiger charge is 2.41. The molecule has 4 saturated heterocycles. The van der Waals surface area contributed by atoms with E-state index < -0.39 is 0 Å². The second-order valence-electron chi connectivity index (χ2n) is 35.2. The van der Waals surface area contributed by atoms with Gasteiger partial charge in [-0.2, -0.15) is 19.9 Å². The number of nitrogens with zero attached hydrogens (tertiary/aromatic N) is 24. The van der Waals surface area contributed by atoms with Crippen molar-refractivity contribution < 1.29 is 37.9 Å². The molecule has 0 saturated carbocycles. The quantitative estimate of drug-likeness (QED) is 0.0640. The van der Waals surface area contributed by atoms with E-state index in [0.717, 1.165) is 25.7 Å². The molecule has 0 aromatic carbocycles. The molecule has 12 aromatic rings. The van der Waals surface area contributed by atoms with E-state index in [1.54, 1.807) is 102 Å². The van der Waals surface area contributed by atoms with Crippen LogP contribution >= 0.6 is 0 Å². The lowest BCUT2D eigenvalue weighted by molar-refractivity contribution is 0.102. The van der Waals surface area contributed by atoms with E-state index in [4.69, 9.17) is 64.2 Å². The first-order valence-corrected chi connectivity index (χ1v) is 44.3. The maximum atomic E-state index is 12.5. The molecule has 0 amide bonds. The molecule has 0 aliphatic carbocycles. The molecule has 4 fully saturated rings. The molecule has 132 heavy (non-hydrogen) atoms. The van der Waals surface area contributed by atoms with E-state index >= 15 is 0 Å². The molecule has 0 bridgehead atoms. The Kier molecular flexibility index (Phi) is 29.8. The van der Waals surface area contributed by atoms with Gasteiger partial charge in [-0.3, -0.25) is 18.3 Å². The summed E-state index contributed by atoms with van der Waals surface area (Å²) in [5, 5.41) is 0. The van der Waals surface area contributed by atoms with Gasteiger partial charge in [0.25, 0.3) is 23.3 Å². The van der Waals surface area contributed by atoms with Crippen molar-refractivity contribution in [1.82, 2.24) is 78.1 Å². The van der Waals surface area contributed by atoms with Gasteiger partial charge in [0.15, 0.2) is 23.3 Å². The van der Waals surface area contributed by atoms with Crippen LogP contribution in [0.1, 0.15) is 136 Å². The highest BCUT2D eigenvalue weighted by atomic mass is 16.5. The van der Waals surface area contributed by atoms with Crippen LogP contribution in [0.5, 0.6) is 46.5 Å². The SMILES string of the molecule is [C-]#[N+]c1ccc2c(n1)c(N1C[C@@H](C)C(Oc3ccc(OC(C)C)cn3)C[C@H]1C)nc(=O)n2C.[C-]#[N+]c1ccc2c(n1)c(N1C[C@@H](C)C(Oc3ccc(OC(C)C)cn3)C[C@H]1C)nc(=O)n2C.[C-]#[N+]c1ccc2c(n1)c(N1C[C@H](C)C(Oc3ccc(OC(C)C)cn3)C[C@@H]1C)nc(=O)n2C.[C-]#[N+]c1ccc2c(n1)c(N1C[C@H](C)C(Oc3ccc(OC(C)C)cn3)C[C@@H]1C)nc(=O)n2C. The maximum absolute atomic E-state index is 12.5. The van der Waals surface area contributed by atoms with Gasteiger partial charge in [0.2, 0.25) is 45.6 Å². The molecule has 4 aliphatic heterocycles. The Labute approximate surface area is 765 Å². The topological polar surface area (TPSA) is 347 Å². The first kappa shape index (κ1) is 94.9. The van der Waals surface area contributed by atoms with Crippen LogP contribution in [0.15, 0.2) is 141 Å². The van der Waals surface area contributed by atoms with Crippen molar-refractivity contribution in [3.63, 3.8) is 0 Å². The lowest BCUT2D eigenvalue weighted by Crippen LogP contribution is -2.50. The van der Waals surface area contributed by atoms with Crippen LogP contribution in [0.4, 0.5) is 46.5 Å². The summed E-state index contributed by atoms with van der Waals surface area (Å²) in [4.78, 5) is 125. The largest absolute Gasteiger partial charge is 0.489 e. The molecule has 12 aromatic heterocycles. The maximum Gasteiger partial charge on any atom is 0.350 e. The van der Waals surface area contributed by atoms with Gasteiger partial charge in [-0.05, 0) is 156 Å². The normalized spacial score (nSPS) is 20.6. The van der Waals surface area contributed by atoms with Crippen LogP contribution < -0.4 is 80.3 Å². The summed E-state index contributed by atoms with van der Waals surface area (Å²) in [5.74, 6) is 8.87. The molecular formula is C96H112N24O12. The van der Waals surface area contributed by atoms with Crippen LogP contribution in [0.2, 0.25) is 0 Å². The van der Waals surface area contributed by atoms with Gasteiger partial charge in [0, 0.05) is 152 Å². The highest BCUT2D eigenvalue weighted by molar-refractivity contribution is 5.90. The number of hydrogen-bond donors (Lipinski definition) is 0. The second-order valence-corrected chi connectivity index (χ2v) is 35.2. The summed E-state index contributed by atoms with van der Waals surface area (Å²) in [6, 6.07) is 28.5. The fourth-order valence-corrected chi connectivity index (χ4v) is 16.6. The summed E-state index contributed by atoms with van der Waals surface area (Å²) < 4.78 is 53.3. The zero-order chi connectivity index (χ0) is 94.8. The van der Waals surface area contributed by atoms with Crippen LogP contribution in [0.3, 0.4) is 0 Å². The number of anilines is 4. The first-order valence-electron chi connectivity index (χ1n) is 44.3. The number of aromatic nitrogens is 16. The standard InChI is InChI=1S/4C24H28N6O3/c4*1-14(2)32-17-7-10-21(26-12-17)33-19-11-16(4)30(13-15(19)3)23-22-18(29(6)24(31)28-23)8-9-20(25-5)27-22/h4*7-10,12,14-16,19H,11,13H2,1-4,6H3/t4*15-,16-,19?/m1100/s1. The average molecular weight is 1790 g/mol. The molecule has 0 spiro atoms. The van der Waals surface area contributed by atoms with Gasteiger partial charge < -0.3 is 76.9 Å². The van der Waals surface area contributed by atoms with Gasteiger partial charge >= 0.3 is 22.8 Å². The molecule has 16 heterocycles. The van der Waals surface area contributed by atoms with Crippen molar-refractivity contribution in [3.8, 4) is 46.5 Å². The minimum absolute atomic E-state index is 0.0369. The minimum atomic E-state index is -0.346. The molecule has 0 N–H and O–H groups in total. The monoisotopic (exact) mass is 1790 g/mol. The van der Waals surface area contributed by atoms with Gasteiger partial charge in [-0.25, -0.2) is 39.1 Å². The van der Waals surface area contributed by atoms with Crippen molar-refractivity contribution in [1.29, 1.82) is 0 Å². The molecule has 4 aliphatic rings. The van der Waals surface area contributed by atoms with Crippen LogP contribution in [0, 0.1) is 50.0 Å². The molecule has 4 unspecified atom stereocenters. The number of piperidine rings is 4. The third kappa shape index (κ3) is 22.1. The Hall–Kier alpha value is -14.7. The first-order chi connectivity index (χ1) is 63.0.